The largest absolute Gasteiger partial charge is 0.507 e. The molecule has 0 saturated carbocycles. The normalized spacial score (nSPS) is 16.2. The van der Waals surface area contributed by atoms with E-state index in [1.54, 1.807) is 17.0 Å². The van der Waals surface area contributed by atoms with Crippen molar-refractivity contribution in [3.63, 3.8) is 0 Å². The number of hydrogen-bond acceptors (Lipinski definition) is 5. The van der Waals surface area contributed by atoms with Crippen molar-refractivity contribution in [2.45, 2.75) is 46.2 Å². The number of likely N-dealkylation sites (N-methyl/N-ethyl adjacent to an activating group) is 1. The number of amides is 2. The number of carbonyl (C=O) groups is 2. The number of fused-ring (bicyclic) bond motifs is 1. The molecule has 0 radical (unpaired) electrons. The lowest BCUT2D eigenvalue weighted by atomic mass is 9.86. The van der Waals surface area contributed by atoms with Crippen LogP contribution in [0.2, 0.25) is 0 Å². The molecule has 0 aliphatic carbocycles. The molecule has 0 spiro atoms. The van der Waals surface area contributed by atoms with Gasteiger partial charge in [-0.25, -0.2) is 0 Å². The summed E-state index contributed by atoms with van der Waals surface area (Å²) in [5, 5.41) is 16.6. The maximum atomic E-state index is 13.5. The smallest absolute Gasteiger partial charge is 0.258 e. The Morgan fingerprint density at radius 3 is 2.56 bits per heavy atom. The van der Waals surface area contributed by atoms with Crippen molar-refractivity contribution in [2.24, 2.45) is 5.92 Å². The van der Waals surface area contributed by atoms with Crippen LogP contribution in [0.15, 0.2) is 36.4 Å². The Labute approximate surface area is 213 Å². The van der Waals surface area contributed by atoms with Crippen LogP contribution in [0, 0.1) is 12.8 Å². The van der Waals surface area contributed by atoms with E-state index in [1.165, 1.54) is 5.57 Å². The summed E-state index contributed by atoms with van der Waals surface area (Å²) >= 11 is 0. The van der Waals surface area contributed by atoms with Gasteiger partial charge in [-0.05, 0) is 98.2 Å². The zero-order valence-electron chi connectivity index (χ0n) is 21.5. The zero-order valence-corrected chi connectivity index (χ0v) is 21.5. The topological polar surface area (TPSA) is 90.9 Å². The molecular weight excluding hydrogens is 454 g/mol. The number of allylic oxidation sites excluding steroid dienone is 2. The Morgan fingerprint density at radius 1 is 1.08 bits per heavy atom. The van der Waals surface area contributed by atoms with E-state index >= 15 is 0 Å². The van der Waals surface area contributed by atoms with E-state index in [0.717, 1.165) is 54.7 Å². The van der Waals surface area contributed by atoms with Crippen molar-refractivity contribution >= 4 is 17.4 Å². The van der Waals surface area contributed by atoms with Gasteiger partial charge < -0.3 is 25.4 Å². The molecule has 192 valence electrons. The molecule has 0 aromatic heterocycles. The molecule has 1 saturated heterocycles. The van der Waals surface area contributed by atoms with Crippen molar-refractivity contribution in [1.82, 2.24) is 15.5 Å². The van der Waals surface area contributed by atoms with E-state index in [-0.39, 0.29) is 17.6 Å². The molecule has 0 unspecified atom stereocenters. The average molecular weight is 492 g/mol. The molecule has 2 aromatic rings. The third-order valence-corrected chi connectivity index (χ3v) is 7.26. The summed E-state index contributed by atoms with van der Waals surface area (Å²) in [6.07, 6.45) is 5.15. The minimum atomic E-state index is -0.202. The molecule has 36 heavy (non-hydrogen) atoms. The SMILES string of the molecule is C/C=C(/CC1CCOCC1)c1cc(C(=O)N2Cc3ccc(C(=O)NCCNC)cc3C2)c(O)cc1C. The number of benzene rings is 2. The van der Waals surface area contributed by atoms with Crippen LogP contribution in [-0.2, 0) is 17.8 Å². The number of rotatable bonds is 8. The Bertz CT molecular complexity index is 1150. The van der Waals surface area contributed by atoms with Crippen LogP contribution in [0.25, 0.3) is 5.57 Å². The Balaban J connectivity index is 1.51. The number of carbonyl (C=O) groups excluding carboxylic acids is 2. The number of aryl methyl sites for hydroxylation is 1. The van der Waals surface area contributed by atoms with Gasteiger partial charge in [0.1, 0.15) is 5.75 Å². The molecule has 0 atom stereocenters. The highest BCUT2D eigenvalue weighted by molar-refractivity contribution is 5.98. The van der Waals surface area contributed by atoms with Gasteiger partial charge in [0.05, 0.1) is 5.56 Å². The number of nitrogens with zero attached hydrogens (tertiary/aromatic N) is 1. The van der Waals surface area contributed by atoms with Gasteiger partial charge in [-0.15, -0.1) is 0 Å². The third-order valence-electron chi connectivity index (χ3n) is 7.26. The van der Waals surface area contributed by atoms with Gasteiger partial charge in [0.2, 0.25) is 0 Å². The molecule has 4 rings (SSSR count). The minimum absolute atomic E-state index is 0.00308. The fourth-order valence-electron chi connectivity index (χ4n) is 5.11. The fraction of sp³-hybridized carbons (Fsp3) is 0.448. The van der Waals surface area contributed by atoms with E-state index in [0.29, 0.717) is 43.2 Å². The second-order valence-electron chi connectivity index (χ2n) is 9.76. The van der Waals surface area contributed by atoms with E-state index in [4.69, 9.17) is 4.74 Å². The summed E-state index contributed by atoms with van der Waals surface area (Å²) in [6, 6.07) is 9.14. The number of nitrogens with one attached hydrogen (secondary N) is 2. The van der Waals surface area contributed by atoms with E-state index in [1.807, 2.05) is 39.1 Å². The van der Waals surface area contributed by atoms with Gasteiger partial charge in [0.15, 0.2) is 0 Å². The van der Waals surface area contributed by atoms with Crippen molar-refractivity contribution in [3.8, 4) is 5.75 Å². The van der Waals surface area contributed by atoms with Crippen LogP contribution in [-0.4, -0.2) is 55.2 Å². The lowest BCUT2D eigenvalue weighted by Crippen LogP contribution is -2.30. The number of hydrogen-bond donors (Lipinski definition) is 3. The first-order valence-electron chi connectivity index (χ1n) is 12.8. The van der Waals surface area contributed by atoms with Gasteiger partial charge in [-0.3, -0.25) is 9.59 Å². The van der Waals surface area contributed by atoms with Gasteiger partial charge in [-0.2, -0.15) is 0 Å². The summed E-state index contributed by atoms with van der Waals surface area (Å²) in [6.45, 7) is 7.73. The summed E-state index contributed by atoms with van der Waals surface area (Å²) in [4.78, 5) is 27.7. The predicted molar refractivity (Wildman–Crippen MR) is 141 cm³/mol. The number of phenolic OH excluding ortho intramolecular Hbond substituents is 1. The molecule has 0 bridgehead atoms. The number of aromatic hydroxyl groups is 1. The maximum absolute atomic E-state index is 13.5. The molecule has 2 aromatic carbocycles. The Hall–Kier alpha value is -3.16. The fourth-order valence-corrected chi connectivity index (χ4v) is 5.11. The van der Waals surface area contributed by atoms with Crippen LogP contribution in [0.5, 0.6) is 5.75 Å². The maximum Gasteiger partial charge on any atom is 0.258 e. The standard InChI is InChI=1S/C29H37N3O4/c1-4-21(14-20-7-11-36-12-8-20)25-16-26(27(33)13-19(25)2)29(35)32-17-23-6-5-22(15-24(23)18-32)28(34)31-10-9-30-3/h4-6,13,15-16,20,30,33H,7-12,14,17-18H2,1-3H3,(H,31,34)/b21-4-. The van der Waals surface area contributed by atoms with Gasteiger partial charge in [-0.1, -0.05) is 12.1 Å². The molecule has 7 heteroatoms. The van der Waals surface area contributed by atoms with Gasteiger partial charge >= 0.3 is 0 Å². The lowest BCUT2D eigenvalue weighted by molar-refractivity contribution is 0.0679. The molecule has 2 heterocycles. The van der Waals surface area contributed by atoms with Crippen molar-refractivity contribution in [3.05, 3.63) is 69.8 Å². The summed E-state index contributed by atoms with van der Waals surface area (Å²) < 4.78 is 5.51. The van der Waals surface area contributed by atoms with Crippen LogP contribution in [0.3, 0.4) is 0 Å². The predicted octanol–water partition coefficient (Wildman–Crippen LogP) is 4.03. The van der Waals surface area contributed by atoms with Crippen LogP contribution < -0.4 is 10.6 Å². The minimum Gasteiger partial charge on any atom is -0.507 e. The molecule has 2 amide bonds. The van der Waals surface area contributed by atoms with Crippen LogP contribution in [0.4, 0.5) is 0 Å². The first kappa shape index (κ1) is 25.9. The second kappa shape index (κ2) is 11.7. The number of phenols is 1. The molecule has 7 nitrogen and oxygen atoms in total. The summed E-state index contributed by atoms with van der Waals surface area (Å²) in [5.74, 6) is 0.242. The lowest BCUT2D eigenvalue weighted by Gasteiger charge is -2.24. The monoisotopic (exact) mass is 491 g/mol. The summed E-state index contributed by atoms with van der Waals surface area (Å²) in [5.41, 5.74) is 6.07. The van der Waals surface area contributed by atoms with Gasteiger partial charge in [0.25, 0.3) is 11.8 Å². The second-order valence-corrected chi connectivity index (χ2v) is 9.76. The summed E-state index contributed by atoms with van der Waals surface area (Å²) in [7, 11) is 1.84. The average Bonchev–Trinajstić information content (AvgIpc) is 3.31. The van der Waals surface area contributed by atoms with Crippen molar-refractivity contribution in [1.29, 1.82) is 0 Å². The zero-order chi connectivity index (χ0) is 25.7. The van der Waals surface area contributed by atoms with Gasteiger partial charge in [0, 0.05) is 45.0 Å². The Kier molecular flexibility index (Phi) is 8.44. The number of ether oxygens (including phenoxy) is 1. The Morgan fingerprint density at radius 2 is 1.83 bits per heavy atom. The highest BCUT2D eigenvalue weighted by atomic mass is 16.5. The molecular formula is C29H37N3O4. The first-order valence-corrected chi connectivity index (χ1v) is 12.8. The van der Waals surface area contributed by atoms with Crippen LogP contribution in [0.1, 0.15) is 69.2 Å². The van der Waals surface area contributed by atoms with E-state index in [2.05, 4.69) is 16.7 Å². The molecule has 2 aliphatic rings. The molecule has 2 aliphatic heterocycles. The van der Waals surface area contributed by atoms with Crippen LogP contribution >= 0.6 is 0 Å². The van der Waals surface area contributed by atoms with E-state index < -0.39 is 0 Å². The van der Waals surface area contributed by atoms with Crippen molar-refractivity contribution < 1.29 is 19.4 Å². The highest BCUT2D eigenvalue weighted by Gasteiger charge is 2.28. The van der Waals surface area contributed by atoms with E-state index in [9.17, 15) is 14.7 Å². The quantitative estimate of drug-likeness (QED) is 0.485. The molecule has 3 N–H and O–H groups in total. The van der Waals surface area contributed by atoms with Crippen molar-refractivity contribution in [2.75, 3.05) is 33.4 Å². The highest BCUT2D eigenvalue weighted by Crippen LogP contribution is 2.35. The third kappa shape index (κ3) is 5.79. The molecule has 1 fully saturated rings. The first-order chi connectivity index (χ1) is 17.4.